The fourth-order valence-corrected chi connectivity index (χ4v) is 4.53. The second-order valence-electron chi connectivity index (χ2n) is 6.42. The molecule has 0 spiro atoms. The Kier molecular flexibility index (Phi) is 2.17. The molecule has 2 N–H and O–H groups in total. The van der Waals surface area contributed by atoms with Crippen molar-refractivity contribution >= 4 is 0 Å². The Morgan fingerprint density at radius 3 is 2.86 bits per heavy atom. The van der Waals surface area contributed by atoms with Gasteiger partial charge in [0.2, 0.25) is 6.79 Å². The van der Waals surface area contributed by atoms with Crippen LogP contribution in [0.25, 0.3) is 0 Å². The third-order valence-corrected chi connectivity index (χ3v) is 5.45. The second kappa shape index (κ2) is 3.80. The summed E-state index contributed by atoms with van der Waals surface area (Å²) in [6.45, 7) is 1.69. The van der Waals surface area contributed by atoms with Gasteiger partial charge in [-0.2, -0.15) is 0 Å². The van der Waals surface area contributed by atoms with Crippen LogP contribution in [0.1, 0.15) is 17.5 Å². The standard InChI is InChI=1S/C16H17NO4/c18-10-1-2-16-11-5-13-12(20-8-21-13)3-9(11)6-17(7-15(16)19)14(16)4-10/h1-3,5,10,14-15,18-19H,4,6-8H2/t10-,14-,15+,16+/m1/s1. The van der Waals surface area contributed by atoms with Crippen molar-refractivity contribution < 1.29 is 19.7 Å². The summed E-state index contributed by atoms with van der Waals surface area (Å²) in [7, 11) is 0. The summed E-state index contributed by atoms with van der Waals surface area (Å²) in [4.78, 5) is 2.28. The van der Waals surface area contributed by atoms with E-state index >= 15 is 0 Å². The van der Waals surface area contributed by atoms with Gasteiger partial charge in [0, 0.05) is 19.1 Å². The van der Waals surface area contributed by atoms with Crippen molar-refractivity contribution in [2.24, 2.45) is 0 Å². The van der Waals surface area contributed by atoms with Gasteiger partial charge in [-0.05, 0) is 29.7 Å². The first-order chi connectivity index (χ1) is 10.2. The number of ether oxygens (including phenoxy) is 2. The summed E-state index contributed by atoms with van der Waals surface area (Å²) in [5.74, 6) is 1.55. The normalized spacial score (nSPS) is 41.8. The Balaban J connectivity index is 1.76. The molecule has 3 heterocycles. The number of nitrogens with zero attached hydrogens (tertiary/aromatic N) is 1. The van der Waals surface area contributed by atoms with Crippen LogP contribution in [0.2, 0.25) is 0 Å². The van der Waals surface area contributed by atoms with Gasteiger partial charge in [-0.3, -0.25) is 4.90 Å². The van der Waals surface area contributed by atoms with Crippen LogP contribution in [-0.4, -0.2) is 46.7 Å². The Labute approximate surface area is 122 Å². The number of rotatable bonds is 0. The van der Waals surface area contributed by atoms with Crippen molar-refractivity contribution in [3.8, 4) is 11.5 Å². The maximum Gasteiger partial charge on any atom is 0.231 e. The fraction of sp³-hybridized carbons (Fsp3) is 0.500. The summed E-state index contributed by atoms with van der Waals surface area (Å²) in [5, 5.41) is 20.7. The minimum absolute atomic E-state index is 0.153. The molecule has 0 amide bonds. The monoisotopic (exact) mass is 287 g/mol. The lowest BCUT2D eigenvalue weighted by Crippen LogP contribution is -2.52. The molecular weight excluding hydrogens is 270 g/mol. The lowest BCUT2D eigenvalue weighted by Gasteiger charge is -2.45. The highest BCUT2D eigenvalue weighted by atomic mass is 16.7. The third kappa shape index (κ3) is 1.36. The molecule has 1 aromatic rings. The summed E-state index contributed by atoms with van der Waals surface area (Å²) < 4.78 is 11.0. The van der Waals surface area contributed by atoms with E-state index in [1.807, 2.05) is 24.3 Å². The Morgan fingerprint density at radius 2 is 2.00 bits per heavy atom. The van der Waals surface area contributed by atoms with E-state index in [9.17, 15) is 10.2 Å². The first-order valence-corrected chi connectivity index (χ1v) is 7.41. The zero-order valence-electron chi connectivity index (χ0n) is 11.5. The largest absolute Gasteiger partial charge is 0.454 e. The van der Waals surface area contributed by atoms with Gasteiger partial charge < -0.3 is 19.7 Å². The average Bonchev–Trinajstić information content (AvgIpc) is 2.99. The van der Waals surface area contributed by atoms with Gasteiger partial charge in [0.05, 0.1) is 17.6 Å². The number of hydrogen-bond donors (Lipinski definition) is 2. The molecule has 1 saturated heterocycles. The minimum Gasteiger partial charge on any atom is -0.454 e. The van der Waals surface area contributed by atoms with Crippen LogP contribution in [-0.2, 0) is 12.0 Å². The van der Waals surface area contributed by atoms with Gasteiger partial charge in [-0.25, -0.2) is 0 Å². The van der Waals surface area contributed by atoms with Crippen molar-refractivity contribution in [2.75, 3.05) is 13.3 Å². The lowest BCUT2D eigenvalue weighted by molar-refractivity contribution is 0.0937. The molecule has 1 unspecified atom stereocenters. The predicted molar refractivity (Wildman–Crippen MR) is 74.2 cm³/mol. The van der Waals surface area contributed by atoms with Crippen LogP contribution in [0.4, 0.5) is 0 Å². The van der Waals surface area contributed by atoms with Crippen LogP contribution in [0, 0.1) is 0 Å². The molecule has 5 nitrogen and oxygen atoms in total. The number of aliphatic hydroxyl groups is 2. The van der Waals surface area contributed by atoms with Gasteiger partial charge in [0.15, 0.2) is 11.5 Å². The van der Waals surface area contributed by atoms with Crippen molar-refractivity contribution in [1.82, 2.24) is 4.90 Å². The second-order valence-corrected chi connectivity index (χ2v) is 6.42. The van der Waals surface area contributed by atoms with Gasteiger partial charge >= 0.3 is 0 Å². The highest BCUT2D eigenvalue weighted by Gasteiger charge is 2.58. The van der Waals surface area contributed by atoms with Gasteiger partial charge in [-0.15, -0.1) is 0 Å². The highest BCUT2D eigenvalue weighted by Crippen LogP contribution is 2.53. The molecule has 1 aliphatic carbocycles. The SMILES string of the molecule is O[C@@H]1C=C[C@@]23c4cc5c(cc4CN(C[C@@H]2O)[C@@H]3C1)OCO5. The van der Waals surface area contributed by atoms with Crippen LogP contribution < -0.4 is 9.47 Å². The zero-order valence-corrected chi connectivity index (χ0v) is 11.5. The Morgan fingerprint density at radius 1 is 1.19 bits per heavy atom. The van der Waals surface area contributed by atoms with Crippen LogP contribution in [0.3, 0.4) is 0 Å². The molecule has 1 fully saturated rings. The summed E-state index contributed by atoms with van der Waals surface area (Å²) in [5.41, 5.74) is 1.89. The molecule has 0 radical (unpaired) electrons. The first-order valence-electron chi connectivity index (χ1n) is 7.41. The maximum atomic E-state index is 10.7. The average molecular weight is 287 g/mol. The molecule has 5 rings (SSSR count). The number of hydrogen-bond acceptors (Lipinski definition) is 5. The van der Waals surface area contributed by atoms with E-state index in [0.717, 1.165) is 23.6 Å². The molecule has 1 aromatic carbocycles. The maximum absolute atomic E-state index is 10.7. The quantitative estimate of drug-likeness (QED) is 0.682. The first kappa shape index (κ1) is 12.0. The zero-order chi connectivity index (χ0) is 14.2. The lowest BCUT2D eigenvalue weighted by atomic mass is 9.65. The van der Waals surface area contributed by atoms with Crippen LogP contribution in [0.5, 0.6) is 11.5 Å². The van der Waals surface area contributed by atoms with E-state index < -0.39 is 17.6 Å². The molecule has 0 saturated carbocycles. The van der Waals surface area contributed by atoms with Gasteiger partial charge in [0.1, 0.15) is 0 Å². The van der Waals surface area contributed by atoms with E-state index in [1.165, 1.54) is 5.56 Å². The molecular formula is C16H17NO4. The summed E-state index contributed by atoms with van der Waals surface area (Å²) in [6.07, 6.45) is 3.63. The van der Waals surface area contributed by atoms with Crippen molar-refractivity contribution in [3.63, 3.8) is 0 Å². The number of aliphatic hydroxyl groups excluding tert-OH is 2. The molecule has 0 aromatic heterocycles. The van der Waals surface area contributed by atoms with Crippen LogP contribution >= 0.6 is 0 Å². The summed E-state index contributed by atoms with van der Waals surface area (Å²) in [6, 6.07) is 4.22. The van der Waals surface area contributed by atoms with Gasteiger partial charge in [0.25, 0.3) is 0 Å². The number of fused-ring (bicyclic) bond motifs is 2. The number of benzene rings is 1. The molecule has 110 valence electrons. The molecule has 2 bridgehead atoms. The van der Waals surface area contributed by atoms with Gasteiger partial charge in [-0.1, -0.05) is 12.2 Å². The third-order valence-electron chi connectivity index (χ3n) is 5.45. The van der Waals surface area contributed by atoms with Crippen molar-refractivity contribution in [2.45, 2.75) is 36.6 Å². The Bertz CT molecular complexity index is 658. The van der Waals surface area contributed by atoms with E-state index in [0.29, 0.717) is 13.0 Å². The molecule has 5 atom stereocenters. The topological polar surface area (TPSA) is 62.2 Å². The highest BCUT2D eigenvalue weighted by molar-refractivity contribution is 5.56. The minimum atomic E-state index is -0.451. The molecule has 5 heteroatoms. The summed E-state index contributed by atoms with van der Waals surface area (Å²) >= 11 is 0. The molecule has 21 heavy (non-hydrogen) atoms. The smallest absolute Gasteiger partial charge is 0.231 e. The van der Waals surface area contributed by atoms with E-state index in [-0.39, 0.29) is 12.8 Å². The van der Waals surface area contributed by atoms with Crippen LogP contribution in [0.15, 0.2) is 24.3 Å². The molecule has 4 aliphatic rings. The fourth-order valence-electron chi connectivity index (χ4n) is 4.53. The Hall–Kier alpha value is -1.56. The molecule has 3 aliphatic heterocycles. The van der Waals surface area contributed by atoms with Crippen molar-refractivity contribution in [1.29, 1.82) is 0 Å². The van der Waals surface area contributed by atoms with Crippen molar-refractivity contribution in [3.05, 3.63) is 35.4 Å². The van der Waals surface area contributed by atoms with E-state index in [2.05, 4.69) is 4.90 Å². The predicted octanol–water partition coefficient (Wildman–Crippen LogP) is 0.533. The van der Waals surface area contributed by atoms with E-state index in [4.69, 9.17) is 9.47 Å². The van der Waals surface area contributed by atoms with E-state index in [1.54, 1.807) is 0 Å².